The van der Waals surface area contributed by atoms with Gasteiger partial charge in [-0.05, 0) is 26.1 Å². The van der Waals surface area contributed by atoms with E-state index in [0.717, 1.165) is 0 Å². The second-order valence-electron chi connectivity index (χ2n) is 3.70. The molecule has 0 amide bonds. The van der Waals surface area contributed by atoms with Crippen molar-refractivity contribution in [1.29, 1.82) is 0 Å². The van der Waals surface area contributed by atoms with Crippen molar-refractivity contribution in [2.75, 3.05) is 5.32 Å². The lowest BCUT2D eigenvalue weighted by atomic mass is 10.2. The van der Waals surface area contributed by atoms with Crippen LogP contribution in [0, 0.1) is 29.1 Å². The molecule has 0 unspecified atom stereocenters. The first kappa shape index (κ1) is 14.6. The normalized spacial score (nSPS) is 10.7. The van der Waals surface area contributed by atoms with Crippen LogP contribution in [-0.2, 0) is 0 Å². The maximum atomic E-state index is 13.2. The van der Waals surface area contributed by atoms with Gasteiger partial charge in [0, 0.05) is 6.04 Å². The predicted octanol–water partition coefficient (Wildman–Crippen LogP) is 3.08. The molecule has 0 atom stereocenters. The van der Waals surface area contributed by atoms with Gasteiger partial charge < -0.3 is 10.6 Å². The number of anilines is 1. The lowest BCUT2D eigenvalue weighted by Gasteiger charge is -2.14. The molecule has 0 saturated carbocycles. The Balaban J connectivity index is 3.14. The molecular weight excluding hydrogens is 275 g/mol. The second-order valence-corrected chi connectivity index (χ2v) is 4.11. The van der Waals surface area contributed by atoms with Crippen molar-refractivity contribution in [2.24, 2.45) is 0 Å². The van der Waals surface area contributed by atoms with Crippen LogP contribution in [-0.4, -0.2) is 11.2 Å². The van der Waals surface area contributed by atoms with Gasteiger partial charge in [-0.25, -0.2) is 22.0 Å². The van der Waals surface area contributed by atoms with Crippen molar-refractivity contribution in [1.82, 2.24) is 5.32 Å². The summed E-state index contributed by atoms with van der Waals surface area (Å²) in [4.78, 5) is 0. The molecule has 2 N–H and O–H groups in total. The van der Waals surface area contributed by atoms with Crippen LogP contribution >= 0.6 is 12.2 Å². The summed E-state index contributed by atoms with van der Waals surface area (Å²) in [5.74, 6) is -10.2. The van der Waals surface area contributed by atoms with Crippen LogP contribution in [0.25, 0.3) is 0 Å². The monoisotopic (exact) mass is 284 g/mol. The number of hydrogen-bond acceptors (Lipinski definition) is 1. The molecular formula is C10H9F5N2S. The van der Waals surface area contributed by atoms with Gasteiger partial charge in [-0.3, -0.25) is 0 Å². The Hall–Kier alpha value is -1.44. The van der Waals surface area contributed by atoms with Crippen LogP contribution in [0.1, 0.15) is 13.8 Å². The Kier molecular flexibility index (Phi) is 4.44. The summed E-state index contributed by atoms with van der Waals surface area (Å²) in [6.07, 6.45) is 0. The van der Waals surface area contributed by atoms with Crippen LogP contribution in [0.15, 0.2) is 0 Å². The molecule has 0 aliphatic heterocycles. The maximum absolute atomic E-state index is 13.2. The van der Waals surface area contributed by atoms with E-state index in [2.05, 4.69) is 17.5 Å². The molecule has 2 nitrogen and oxygen atoms in total. The van der Waals surface area contributed by atoms with E-state index in [-0.39, 0.29) is 11.2 Å². The number of nitrogens with one attached hydrogen (secondary N) is 2. The van der Waals surface area contributed by atoms with E-state index >= 15 is 0 Å². The summed E-state index contributed by atoms with van der Waals surface area (Å²) in [7, 11) is 0. The van der Waals surface area contributed by atoms with Crippen LogP contribution in [0.5, 0.6) is 0 Å². The fraction of sp³-hybridized carbons (Fsp3) is 0.300. The highest BCUT2D eigenvalue weighted by molar-refractivity contribution is 7.80. The minimum atomic E-state index is -2.21. The molecule has 0 radical (unpaired) electrons. The van der Waals surface area contributed by atoms with Crippen molar-refractivity contribution in [3.8, 4) is 0 Å². The smallest absolute Gasteiger partial charge is 0.200 e. The van der Waals surface area contributed by atoms with Gasteiger partial charge in [0.25, 0.3) is 0 Å². The SMILES string of the molecule is CC(C)NC(=S)Nc1c(F)c(F)c(F)c(F)c1F. The number of hydrogen-bond donors (Lipinski definition) is 2. The standard InChI is InChI=1S/C10H9F5N2S/c1-3(2)16-10(18)17-9-7(14)5(12)4(11)6(13)8(9)15/h3H,1-2H3,(H2,16,17,18). The summed E-state index contributed by atoms with van der Waals surface area (Å²) >= 11 is 4.66. The molecule has 1 aromatic carbocycles. The topological polar surface area (TPSA) is 24.1 Å². The highest BCUT2D eigenvalue weighted by atomic mass is 32.1. The molecule has 0 heterocycles. The first-order valence-corrected chi connectivity index (χ1v) is 5.25. The van der Waals surface area contributed by atoms with E-state index in [9.17, 15) is 22.0 Å². The van der Waals surface area contributed by atoms with Gasteiger partial charge in [-0.2, -0.15) is 0 Å². The highest BCUT2D eigenvalue weighted by Crippen LogP contribution is 2.26. The lowest BCUT2D eigenvalue weighted by Crippen LogP contribution is -2.34. The number of thiocarbonyl (C=S) groups is 1. The third kappa shape index (κ3) is 2.87. The van der Waals surface area contributed by atoms with Gasteiger partial charge in [0.05, 0.1) is 0 Å². The zero-order valence-electron chi connectivity index (χ0n) is 9.38. The molecule has 0 aromatic heterocycles. The molecule has 0 aliphatic carbocycles. The Morgan fingerprint density at radius 3 is 1.67 bits per heavy atom. The first-order valence-electron chi connectivity index (χ1n) is 4.84. The van der Waals surface area contributed by atoms with E-state index in [1.54, 1.807) is 13.8 Å². The van der Waals surface area contributed by atoms with Gasteiger partial charge in [-0.15, -0.1) is 0 Å². The first-order chi connectivity index (χ1) is 8.25. The van der Waals surface area contributed by atoms with Gasteiger partial charge >= 0.3 is 0 Å². The zero-order chi connectivity index (χ0) is 14.0. The summed E-state index contributed by atoms with van der Waals surface area (Å²) in [5.41, 5.74) is -1.18. The van der Waals surface area contributed by atoms with E-state index in [1.807, 2.05) is 5.32 Å². The largest absolute Gasteiger partial charge is 0.360 e. The molecule has 1 aromatic rings. The molecule has 0 spiro atoms. The Morgan fingerprint density at radius 2 is 1.28 bits per heavy atom. The van der Waals surface area contributed by atoms with E-state index in [0.29, 0.717) is 0 Å². The molecule has 0 aliphatic rings. The molecule has 100 valence electrons. The van der Waals surface area contributed by atoms with Crippen LogP contribution < -0.4 is 10.6 Å². The van der Waals surface area contributed by atoms with Gasteiger partial charge in [0.1, 0.15) is 5.69 Å². The summed E-state index contributed by atoms with van der Waals surface area (Å²) < 4.78 is 64.9. The number of rotatable bonds is 2. The van der Waals surface area contributed by atoms with E-state index < -0.39 is 34.8 Å². The molecule has 1 rings (SSSR count). The van der Waals surface area contributed by atoms with Crippen LogP contribution in [0.3, 0.4) is 0 Å². The van der Waals surface area contributed by atoms with Crippen LogP contribution in [0.2, 0.25) is 0 Å². The molecule has 0 saturated heterocycles. The van der Waals surface area contributed by atoms with Crippen molar-refractivity contribution in [2.45, 2.75) is 19.9 Å². The van der Waals surface area contributed by atoms with Gasteiger partial charge in [0.2, 0.25) is 5.82 Å². The second kappa shape index (κ2) is 5.47. The quantitative estimate of drug-likeness (QED) is 0.378. The third-order valence-electron chi connectivity index (χ3n) is 1.87. The maximum Gasteiger partial charge on any atom is 0.200 e. The number of halogens is 5. The summed E-state index contributed by atoms with van der Waals surface area (Å²) in [6.45, 7) is 3.37. The van der Waals surface area contributed by atoms with Crippen LogP contribution in [0.4, 0.5) is 27.6 Å². The third-order valence-corrected chi connectivity index (χ3v) is 2.09. The molecule has 0 bridgehead atoms. The van der Waals surface area contributed by atoms with E-state index in [1.165, 1.54) is 0 Å². The molecule has 8 heteroatoms. The minimum Gasteiger partial charge on any atom is -0.360 e. The zero-order valence-corrected chi connectivity index (χ0v) is 10.2. The van der Waals surface area contributed by atoms with Crippen molar-refractivity contribution < 1.29 is 22.0 Å². The van der Waals surface area contributed by atoms with Crippen molar-refractivity contribution in [3.05, 3.63) is 29.1 Å². The molecule has 18 heavy (non-hydrogen) atoms. The Morgan fingerprint density at radius 1 is 0.889 bits per heavy atom. The number of benzene rings is 1. The van der Waals surface area contributed by atoms with Gasteiger partial charge in [0.15, 0.2) is 28.4 Å². The lowest BCUT2D eigenvalue weighted by molar-refractivity contribution is 0.382. The average Bonchev–Trinajstić information content (AvgIpc) is 2.29. The van der Waals surface area contributed by atoms with E-state index in [4.69, 9.17) is 0 Å². The fourth-order valence-electron chi connectivity index (χ4n) is 1.13. The highest BCUT2D eigenvalue weighted by Gasteiger charge is 2.26. The minimum absolute atomic E-state index is 0.161. The predicted molar refractivity (Wildman–Crippen MR) is 60.7 cm³/mol. The Labute approximate surface area is 105 Å². The Bertz CT molecular complexity index is 461. The van der Waals surface area contributed by atoms with Crippen molar-refractivity contribution >= 4 is 23.0 Å². The summed E-state index contributed by atoms with van der Waals surface area (Å²) in [5, 5.41) is 4.25. The van der Waals surface area contributed by atoms with Crippen molar-refractivity contribution in [3.63, 3.8) is 0 Å². The average molecular weight is 284 g/mol. The van der Waals surface area contributed by atoms with Gasteiger partial charge in [-0.1, -0.05) is 0 Å². The molecule has 0 fully saturated rings. The summed E-state index contributed by atoms with van der Waals surface area (Å²) in [6, 6.07) is -0.161. The fourth-order valence-corrected chi connectivity index (χ4v) is 1.46.